The molecule has 0 rings (SSSR count). The van der Waals surface area contributed by atoms with Crippen LogP contribution in [0.4, 0.5) is 0 Å². The smallest absolute Gasteiger partial charge is 0.333 e. The Morgan fingerprint density at radius 1 is 0.714 bits per heavy atom. The predicted molar refractivity (Wildman–Crippen MR) is 124 cm³/mol. The molecule has 166 valence electrons. The molecule has 0 aromatic carbocycles. The van der Waals surface area contributed by atoms with Crippen LogP contribution >= 0.6 is 0 Å². The highest BCUT2D eigenvalue weighted by molar-refractivity contribution is 5.86. The van der Waals surface area contributed by atoms with Crippen molar-refractivity contribution in [2.45, 2.75) is 136 Å². The minimum absolute atomic E-state index is 0.253. The van der Waals surface area contributed by atoms with Crippen molar-refractivity contribution >= 4 is 5.97 Å². The Labute approximate surface area is 176 Å². The van der Waals surface area contributed by atoms with Crippen LogP contribution in [0.25, 0.3) is 0 Å². The van der Waals surface area contributed by atoms with E-state index in [2.05, 4.69) is 20.4 Å². The minimum Gasteiger partial charge on any atom is -0.462 e. The van der Waals surface area contributed by atoms with E-state index in [4.69, 9.17) is 4.74 Å². The summed E-state index contributed by atoms with van der Waals surface area (Å²) in [5.74, 6) is 0.657. The lowest BCUT2D eigenvalue weighted by Gasteiger charge is -2.11. The molecule has 0 aliphatic carbocycles. The first-order chi connectivity index (χ1) is 13.6. The summed E-state index contributed by atoms with van der Waals surface area (Å²) >= 11 is 0. The summed E-state index contributed by atoms with van der Waals surface area (Å²) in [5.41, 5.74) is 0.493. The molecule has 1 atom stereocenters. The van der Waals surface area contributed by atoms with Crippen molar-refractivity contribution in [1.82, 2.24) is 0 Å². The summed E-state index contributed by atoms with van der Waals surface area (Å²) in [4.78, 5) is 11.2. The van der Waals surface area contributed by atoms with Crippen molar-refractivity contribution in [3.8, 4) is 0 Å². The highest BCUT2D eigenvalue weighted by Gasteiger charge is 2.03. The van der Waals surface area contributed by atoms with Crippen LogP contribution in [0.15, 0.2) is 12.2 Å². The van der Waals surface area contributed by atoms with Crippen molar-refractivity contribution in [2.24, 2.45) is 5.92 Å². The zero-order valence-corrected chi connectivity index (χ0v) is 19.5. The number of carbonyl (C=O) groups excluding carboxylic acids is 1. The number of hydrogen-bond acceptors (Lipinski definition) is 2. The van der Waals surface area contributed by atoms with Gasteiger partial charge in [-0.05, 0) is 19.3 Å². The molecule has 2 heteroatoms. The fraction of sp³-hybridized carbons (Fsp3) is 0.885. The molecule has 0 aliphatic rings. The van der Waals surface area contributed by atoms with Gasteiger partial charge in [-0.1, -0.05) is 130 Å². The van der Waals surface area contributed by atoms with Crippen LogP contribution in [0.2, 0.25) is 0 Å². The van der Waals surface area contributed by atoms with Gasteiger partial charge < -0.3 is 4.74 Å². The Balaban J connectivity index is 3.21. The molecular weight excluding hydrogens is 344 g/mol. The van der Waals surface area contributed by atoms with Gasteiger partial charge in [-0.2, -0.15) is 0 Å². The van der Waals surface area contributed by atoms with Crippen molar-refractivity contribution in [2.75, 3.05) is 6.61 Å². The van der Waals surface area contributed by atoms with E-state index in [1.54, 1.807) is 6.92 Å². The summed E-state index contributed by atoms with van der Waals surface area (Å²) in [7, 11) is 0. The minimum atomic E-state index is -0.253. The Morgan fingerprint density at radius 2 is 1.11 bits per heavy atom. The van der Waals surface area contributed by atoms with Gasteiger partial charge in [-0.3, -0.25) is 0 Å². The van der Waals surface area contributed by atoms with Crippen molar-refractivity contribution in [1.29, 1.82) is 0 Å². The number of rotatable bonds is 21. The molecule has 0 bridgehead atoms. The topological polar surface area (TPSA) is 26.3 Å². The quantitative estimate of drug-likeness (QED) is 0.110. The molecule has 2 nitrogen and oxygen atoms in total. The van der Waals surface area contributed by atoms with Crippen molar-refractivity contribution < 1.29 is 9.53 Å². The normalized spacial score (nSPS) is 12.1. The summed E-state index contributed by atoms with van der Waals surface area (Å²) < 4.78 is 5.11. The molecule has 0 heterocycles. The summed E-state index contributed by atoms with van der Waals surface area (Å²) in [5, 5.41) is 0. The Hall–Kier alpha value is -0.790. The van der Waals surface area contributed by atoms with Gasteiger partial charge in [0.25, 0.3) is 0 Å². The lowest BCUT2D eigenvalue weighted by Crippen LogP contribution is -2.05. The molecule has 0 saturated heterocycles. The van der Waals surface area contributed by atoms with E-state index in [1.807, 2.05) is 0 Å². The zero-order chi connectivity index (χ0) is 20.9. The maximum Gasteiger partial charge on any atom is 0.333 e. The van der Waals surface area contributed by atoms with Gasteiger partial charge in [0.1, 0.15) is 0 Å². The number of unbranched alkanes of at least 4 members (excludes halogenated alkanes) is 14. The van der Waals surface area contributed by atoms with Crippen LogP contribution in [0.1, 0.15) is 136 Å². The lowest BCUT2D eigenvalue weighted by atomic mass is 9.96. The van der Waals surface area contributed by atoms with Gasteiger partial charge in [0.2, 0.25) is 0 Å². The first kappa shape index (κ1) is 27.2. The van der Waals surface area contributed by atoms with Gasteiger partial charge in [0, 0.05) is 5.57 Å². The molecule has 0 spiro atoms. The molecule has 0 amide bonds. The van der Waals surface area contributed by atoms with E-state index in [1.165, 1.54) is 109 Å². The predicted octanol–water partition coefficient (Wildman–Crippen LogP) is 8.78. The molecular formula is C26H50O2. The SMILES string of the molecule is C=C(C)C(=O)OCCCCCCCCCC(C)CCCCCCCCCCC. The van der Waals surface area contributed by atoms with Crippen LogP contribution < -0.4 is 0 Å². The molecule has 0 aliphatic heterocycles. The van der Waals surface area contributed by atoms with Gasteiger partial charge >= 0.3 is 5.97 Å². The Morgan fingerprint density at radius 3 is 1.54 bits per heavy atom. The number of ether oxygens (including phenoxy) is 1. The Kier molecular flexibility index (Phi) is 20.3. The first-order valence-electron chi connectivity index (χ1n) is 12.4. The van der Waals surface area contributed by atoms with E-state index in [0.717, 1.165) is 12.3 Å². The third-order valence-corrected chi connectivity index (χ3v) is 5.72. The van der Waals surface area contributed by atoms with E-state index >= 15 is 0 Å². The fourth-order valence-electron chi connectivity index (χ4n) is 3.71. The standard InChI is InChI=1S/C26H50O2/c1-5-6-7-8-9-10-12-15-18-21-25(4)22-19-16-13-11-14-17-20-23-28-26(27)24(2)3/h25H,2,5-23H2,1,3-4H3. The highest BCUT2D eigenvalue weighted by atomic mass is 16.5. The fourth-order valence-corrected chi connectivity index (χ4v) is 3.71. The maximum absolute atomic E-state index is 11.2. The summed E-state index contributed by atoms with van der Waals surface area (Å²) in [6.07, 6.45) is 24.6. The summed E-state index contributed by atoms with van der Waals surface area (Å²) in [6.45, 7) is 10.6. The maximum atomic E-state index is 11.2. The van der Waals surface area contributed by atoms with Crippen LogP contribution in [0, 0.1) is 5.92 Å². The molecule has 0 radical (unpaired) electrons. The summed E-state index contributed by atoms with van der Waals surface area (Å²) in [6, 6.07) is 0. The van der Waals surface area contributed by atoms with Gasteiger partial charge in [0.05, 0.1) is 6.61 Å². The van der Waals surface area contributed by atoms with Gasteiger partial charge in [0.15, 0.2) is 0 Å². The zero-order valence-electron chi connectivity index (χ0n) is 19.5. The van der Waals surface area contributed by atoms with Gasteiger partial charge in [-0.15, -0.1) is 0 Å². The van der Waals surface area contributed by atoms with Crippen LogP contribution in [0.5, 0.6) is 0 Å². The van der Waals surface area contributed by atoms with E-state index in [-0.39, 0.29) is 5.97 Å². The average Bonchev–Trinajstić information content (AvgIpc) is 2.67. The molecule has 0 fully saturated rings. The third kappa shape index (κ3) is 20.0. The molecule has 0 saturated carbocycles. The monoisotopic (exact) mass is 394 g/mol. The molecule has 0 aromatic rings. The second-order valence-corrected chi connectivity index (χ2v) is 8.90. The van der Waals surface area contributed by atoms with Crippen LogP contribution in [-0.2, 0) is 9.53 Å². The van der Waals surface area contributed by atoms with Crippen molar-refractivity contribution in [3.05, 3.63) is 12.2 Å². The van der Waals surface area contributed by atoms with Crippen molar-refractivity contribution in [3.63, 3.8) is 0 Å². The molecule has 1 unspecified atom stereocenters. The molecule has 0 N–H and O–H groups in total. The number of carbonyl (C=O) groups is 1. The highest BCUT2D eigenvalue weighted by Crippen LogP contribution is 2.19. The lowest BCUT2D eigenvalue weighted by molar-refractivity contribution is -0.139. The van der Waals surface area contributed by atoms with Crippen LogP contribution in [0.3, 0.4) is 0 Å². The van der Waals surface area contributed by atoms with E-state index < -0.39 is 0 Å². The molecule has 28 heavy (non-hydrogen) atoms. The van der Waals surface area contributed by atoms with E-state index in [0.29, 0.717) is 12.2 Å². The average molecular weight is 395 g/mol. The molecule has 0 aromatic heterocycles. The number of esters is 1. The van der Waals surface area contributed by atoms with E-state index in [9.17, 15) is 4.79 Å². The second kappa shape index (κ2) is 20.9. The number of hydrogen-bond donors (Lipinski definition) is 0. The second-order valence-electron chi connectivity index (χ2n) is 8.90. The largest absolute Gasteiger partial charge is 0.462 e. The third-order valence-electron chi connectivity index (χ3n) is 5.72. The Bertz CT molecular complexity index is 361. The van der Waals surface area contributed by atoms with Crippen LogP contribution in [-0.4, -0.2) is 12.6 Å². The first-order valence-corrected chi connectivity index (χ1v) is 12.4. The van der Waals surface area contributed by atoms with Gasteiger partial charge in [-0.25, -0.2) is 4.79 Å².